The van der Waals surface area contributed by atoms with E-state index < -0.39 is 0 Å². The van der Waals surface area contributed by atoms with Crippen LogP contribution in [-0.2, 0) is 17.8 Å². The Morgan fingerprint density at radius 3 is 2.71 bits per heavy atom. The smallest absolute Gasteiger partial charge is 0.251 e. The second kappa shape index (κ2) is 9.77. The molecule has 1 heterocycles. The number of nitrogens with zero attached hydrogens (tertiary/aromatic N) is 2. The van der Waals surface area contributed by atoms with E-state index in [1.165, 1.54) is 12.8 Å². The number of carbonyl (C=O) groups excluding carboxylic acids is 2. The van der Waals surface area contributed by atoms with E-state index in [9.17, 15) is 9.59 Å². The predicted octanol–water partition coefficient (Wildman–Crippen LogP) is 3.77. The second-order valence-electron chi connectivity index (χ2n) is 8.38. The normalized spacial score (nSPS) is 14.1. The molecule has 2 N–H and O–H groups in total. The number of imidazole rings is 1. The quantitative estimate of drug-likeness (QED) is 0.547. The zero-order chi connectivity index (χ0) is 21.6. The maximum Gasteiger partial charge on any atom is 0.251 e. The van der Waals surface area contributed by atoms with Crippen LogP contribution in [0.15, 0.2) is 48.5 Å². The van der Waals surface area contributed by atoms with Gasteiger partial charge in [-0.05, 0) is 50.5 Å². The minimum absolute atomic E-state index is 0.0454. The Balaban J connectivity index is 1.38. The van der Waals surface area contributed by atoms with Gasteiger partial charge in [-0.1, -0.05) is 42.7 Å². The average Bonchev–Trinajstić information content (AvgIpc) is 3.39. The van der Waals surface area contributed by atoms with Crippen molar-refractivity contribution in [3.63, 3.8) is 0 Å². The van der Waals surface area contributed by atoms with Crippen molar-refractivity contribution in [1.29, 1.82) is 0 Å². The van der Waals surface area contributed by atoms with Crippen LogP contribution in [0.25, 0.3) is 11.0 Å². The van der Waals surface area contributed by atoms with E-state index in [0.29, 0.717) is 24.6 Å². The first-order valence-corrected chi connectivity index (χ1v) is 11.2. The molecular formula is C25H30N4O2. The monoisotopic (exact) mass is 418 g/mol. The lowest BCUT2D eigenvalue weighted by molar-refractivity contribution is -0.122. The van der Waals surface area contributed by atoms with Gasteiger partial charge in [0.15, 0.2) is 0 Å². The molecule has 0 atom stereocenters. The summed E-state index contributed by atoms with van der Waals surface area (Å²) in [6.07, 6.45) is 5.98. The largest absolute Gasteiger partial charge is 0.352 e. The van der Waals surface area contributed by atoms with E-state index in [4.69, 9.17) is 4.98 Å². The maximum absolute atomic E-state index is 12.6. The molecule has 0 spiro atoms. The van der Waals surface area contributed by atoms with Crippen molar-refractivity contribution in [3.8, 4) is 0 Å². The Kier molecular flexibility index (Phi) is 6.65. The molecular weight excluding hydrogens is 388 g/mol. The fraction of sp³-hybridized carbons (Fsp3) is 0.400. The van der Waals surface area contributed by atoms with Crippen LogP contribution in [-0.4, -0.2) is 34.0 Å². The Labute approximate surface area is 183 Å². The van der Waals surface area contributed by atoms with Crippen LogP contribution in [0, 0.1) is 6.92 Å². The summed E-state index contributed by atoms with van der Waals surface area (Å²) in [5.74, 6) is 0.866. The lowest BCUT2D eigenvalue weighted by Crippen LogP contribution is -2.35. The van der Waals surface area contributed by atoms with Crippen LogP contribution in [0.1, 0.15) is 53.8 Å². The van der Waals surface area contributed by atoms with Gasteiger partial charge >= 0.3 is 0 Å². The third-order valence-corrected chi connectivity index (χ3v) is 5.90. The molecule has 6 heteroatoms. The molecule has 0 unspecified atom stereocenters. The lowest BCUT2D eigenvalue weighted by atomic mass is 10.1. The van der Waals surface area contributed by atoms with E-state index >= 15 is 0 Å². The van der Waals surface area contributed by atoms with Crippen molar-refractivity contribution in [2.45, 2.75) is 58.0 Å². The lowest BCUT2D eigenvalue weighted by Gasteiger charge is -2.14. The van der Waals surface area contributed by atoms with E-state index in [-0.39, 0.29) is 18.4 Å². The summed E-state index contributed by atoms with van der Waals surface area (Å²) >= 11 is 0. The molecule has 1 aromatic heterocycles. The molecule has 6 nitrogen and oxygen atoms in total. The first-order valence-electron chi connectivity index (χ1n) is 11.2. The Hall–Kier alpha value is -3.15. The minimum atomic E-state index is -0.0619. The molecule has 2 amide bonds. The van der Waals surface area contributed by atoms with E-state index in [0.717, 1.165) is 41.7 Å². The van der Waals surface area contributed by atoms with Crippen LogP contribution in [0.3, 0.4) is 0 Å². The molecule has 3 aromatic rings. The van der Waals surface area contributed by atoms with Crippen molar-refractivity contribution < 1.29 is 9.59 Å². The highest BCUT2D eigenvalue weighted by Crippen LogP contribution is 2.19. The summed E-state index contributed by atoms with van der Waals surface area (Å²) in [7, 11) is 0. The van der Waals surface area contributed by atoms with Gasteiger partial charge in [-0.3, -0.25) is 9.59 Å². The molecule has 0 radical (unpaired) electrons. The molecule has 0 aliphatic heterocycles. The number of carbonyl (C=O) groups is 2. The molecule has 1 aliphatic rings. The van der Waals surface area contributed by atoms with Crippen molar-refractivity contribution in [1.82, 2.24) is 20.2 Å². The van der Waals surface area contributed by atoms with Crippen LogP contribution in [0.4, 0.5) is 0 Å². The zero-order valence-electron chi connectivity index (χ0n) is 18.1. The standard InChI is InChI=1S/C25H30N4O2/c1-18-8-6-9-19(16-18)25(31)26-15-7-14-23-28-21-12-4-5-13-22(21)29(23)17-24(30)27-20-10-2-3-11-20/h4-6,8-9,12-13,16,20H,2-3,7,10-11,14-15,17H2,1H3,(H,26,31)(H,27,30). The number of rotatable bonds is 8. The number of benzene rings is 2. The van der Waals surface area contributed by atoms with Gasteiger partial charge in [0, 0.05) is 24.6 Å². The van der Waals surface area contributed by atoms with Gasteiger partial charge < -0.3 is 15.2 Å². The van der Waals surface area contributed by atoms with Gasteiger partial charge in [-0.25, -0.2) is 4.98 Å². The van der Waals surface area contributed by atoms with Crippen molar-refractivity contribution in [3.05, 3.63) is 65.5 Å². The summed E-state index contributed by atoms with van der Waals surface area (Å²) in [6, 6.07) is 15.8. The minimum Gasteiger partial charge on any atom is -0.352 e. The van der Waals surface area contributed by atoms with Gasteiger partial charge in [0.05, 0.1) is 11.0 Å². The van der Waals surface area contributed by atoms with Crippen LogP contribution in [0.2, 0.25) is 0 Å². The van der Waals surface area contributed by atoms with Gasteiger partial charge in [0.25, 0.3) is 5.91 Å². The van der Waals surface area contributed by atoms with Crippen LogP contribution >= 0.6 is 0 Å². The summed E-state index contributed by atoms with van der Waals surface area (Å²) in [5, 5.41) is 6.15. The van der Waals surface area contributed by atoms with E-state index in [1.807, 2.05) is 60.0 Å². The fourth-order valence-corrected chi connectivity index (χ4v) is 4.32. The number of aromatic nitrogens is 2. The van der Waals surface area contributed by atoms with Crippen LogP contribution < -0.4 is 10.6 Å². The summed E-state index contributed by atoms with van der Waals surface area (Å²) in [4.78, 5) is 29.7. The molecule has 1 saturated carbocycles. The summed E-state index contributed by atoms with van der Waals surface area (Å²) in [6.45, 7) is 2.82. The van der Waals surface area contributed by atoms with Crippen LogP contribution in [0.5, 0.6) is 0 Å². The van der Waals surface area contributed by atoms with Gasteiger partial charge in [0.2, 0.25) is 5.91 Å². The number of para-hydroxylation sites is 2. The molecule has 1 fully saturated rings. The maximum atomic E-state index is 12.6. The SMILES string of the molecule is Cc1cccc(C(=O)NCCCc2nc3ccccc3n2CC(=O)NC2CCCC2)c1. The molecule has 1 aliphatic carbocycles. The Morgan fingerprint density at radius 2 is 1.90 bits per heavy atom. The van der Waals surface area contributed by atoms with Gasteiger partial charge in [-0.15, -0.1) is 0 Å². The number of aryl methyl sites for hydroxylation is 2. The molecule has 0 bridgehead atoms. The first kappa shape index (κ1) is 21.1. The highest BCUT2D eigenvalue weighted by atomic mass is 16.2. The molecule has 4 rings (SSSR count). The molecule has 0 saturated heterocycles. The van der Waals surface area contributed by atoms with Gasteiger partial charge in [0.1, 0.15) is 12.4 Å². The molecule has 2 aromatic carbocycles. The number of fused-ring (bicyclic) bond motifs is 1. The predicted molar refractivity (Wildman–Crippen MR) is 122 cm³/mol. The highest BCUT2D eigenvalue weighted by Gasteiger charge is 2.19. The third-order valence-electron chi connectivity index (χ3n) is 5.90. The molecule has 162 valence electrons. The second-order valence-corrected chi connectivity index (χ2v) is 8.38. The zero-order valence-corrected chi connectivity index (χ0v) is 18.1. The number of nitrogens with one attached hydrogen (secondary N) is 2. The number of hydrogen-bond acceptors (Lipinski definition) is 3. The van der Waals surface area contributed by atoms with Crippen molar-refractivity contribution in [2.75, 3.05) is 6.54 Å². The Morgan fingerprint density at radius 1 is 1.10 bits per heavy atom. The number of hydrogen-bond donors (Lipinski definition) is 2. The van der Waals surface area contributed by atoms with Crippen molar-refractivity contribution >= 4 is 22.8 Å². The van der Waals surface area contributed by atoms with Crippen molar-refractivity contribution in [2.24, 2.45) is 0 Å². The van der Waals surface area contributed by atoms with Gasteiger partial charge in [-0.2, -0.15) is 0 Å². The van der Waals surface area contributed by atoms with E-state index in [2.05, 4.69) is 10.6 Å². The first-order chi connectivity index (χ1) is 15.1. The summed E-state index contributed by atoms with van der Waals surface area (Å²) < 4.78 is 2.02. The average molecular weight is 419 g/mol. The highest BCUT2D eigenvalue weighted by molar-refractivity contribution is 5.94. The molecule has 31 heavy (non-hydrogen) atoms. The number of amides is 2. The third kappa shape index (κ3) is 5.32. The fourth-order valence-electron chi connectivity index (χ4n) is 4.32. The summed E-state index contributed by atoms with van der Waals surface area (Å²) in [5.41, 5.74) is 3.62. The Bertz CT molecular complexity index is 1070. The topological polar surface area (TPSA) is 76.0 Å². The van der Waals surface area contributed by atoms with E-state index in [1.54, 1.807) is 0 Å².